The molecular formula is C11H15N3O2S. The predicted octanol–water partition coefficient (Wildman–Crippen LogP) is 1.64. The lowest BCUT2D eigenvalue weighted by atomic mass is 10.2. The maximum absolute atomic E-state index is 12.0. The third kappa shape index (κ3) is 1.97. The molecule has 5 nitrogen and oxygen atoms in total. The molecule has 0 saturated carbocycles. The Hall–Kier alpha value is -1.30. The molecule has 0 radical (unpaired) electrons. The van der Waals surface area contributed by atoms with Crippen LogP contribution in [0.2, 0.25) is 0 Å². The van der Waals surface area contributed by atoms with Crippen molar-refractivity contribution in [1.29, 1.82) is 0 Å². The van der Waals surface area contributed by atoms with Gasteiger partial charge in [-0.1, -0.05) is 6.92 Å². The number of anilines is 1. The van der Waals surface area contributed by atoms with Gasteiger partial charge in [-0.05, 0) is 19.6 Å². The van der Waals surface area contributed by atoms with Gasteiger partial charge in [-0.15, -0.1) is 11.8 Å². The highest BCUT2D eigenvalue weighted by Gasteiger charge is 2.34. The van der Waals surface area contributed by atoms with Gasteiger partial charge in [-0.25, -0.2) is 9.97 Å². The summed E-state index contributed by atoms with van der Waals surface area (Å²) in [4.78, 5) is 22.1. The molecule has 0 bridgehead atoms. The van der Waals surface area contributed by atoms with Crippen LogP contribution in [0.15, 0.2) is 5.03 Å². The summed E-state index contributed by atoms with van der Waals surface area (Å²) in [6.45, 7) is 3.74. The van der Waals surface area contributed by atoms with Gasteiger partial charge >= 0.3 is 0 Å². The lowest BCUT2D eigenvalue weighted by Crippen LogP contribution is -2.44. The first-order chi connectivity index (χ1) is 8.08. The summed E-state index contributed by atoms with van der Waals surface area (Å²) in [6, 6.07) is 0. The average molecular weight is 253 g/mol. The zero-order valence-electron chi connectivity index (χ0n) is 10.4. The largest absolute Gasteiger partial charge is 0.474 e. The smallest absolute Gasteiger partial charge is 0.269 e. The van der Waals surface area contributed by atoms with Crippen molar-refractivity contribution < 1.29 is 9.53 Å². The van der Waals surface area contributed by atoms with Crippen molar-refractivity contribution >= 4 is 23.5 Å². The van der Waals surface area contributed by atoms with Crippen molar-refractivity contribution in [3.63, 3.8) is 0 Å². The fourth-order valence-corrected chi connectivity index (χ4v) is 2.31. The molecule has 1 amide bonds. The third-order valence-corrected chi connectivity index (χ3v) is 3.34. The standard InChI is InChI=1S/C11H15N3O2S/c1-5-7-11(15)14(3)9-8(16-7)10(17-4)13-6(2)12-9/h7H,5H2,1-4H3. The summed E-state index contributed by atoms with van der Waals surface area (Å²) in [7, 11) is 1.73. The quantitative estimate of drug-likeness (QED) is 0.592. The Kier molecular flexibility index (Phi) is 3.24. The van der Waals surface area contributed by atoms with E-state index < -0.39 is 6.10 Å². The minimum Gasteiger partial charge on any atom is -0.474 e. The molecule has 0 N–H and O–H groups in total. The number of ether oxygens (including phenoxy) is 1. The van der Waals surface area contributed by atoms with Gasteiger partial charge in [0.1, 0.15) is 10.9 Å². The fourth-order valence-electron chi connectivity index (χ4n) is 1.76. The van der Waals surface area contributed by atoms with E-state index in [-0.39, 0.29) is 5.91 Å². The molecular weight excluding hydrogens is 238 g/mol. The van der Waals surface area contributed by atoms with Gasteiger partial charge < -0.3 is 4.74 Å². The highest BCUT2D eigenvalue weighted by molar-refractivity contribution is 7.98. The number of fused-ring (bicyclic) bond motifs is 1. The second-order valence-corrected chi connectivity index (χ2v) is 4.64. The molecule has 0 spiro atoms. The van der Waals surface area contributed by atoms with E-state index in [0.29, 0.717) is 23.8 Å². The van der Waals surface area contributed by atoms with E-state index in [1.54, 1.807) is 11.9 Å². The van der Waals surface area contributed by atoms with Crippen LogP contribution in [0.25, 0.3) is 0 Å². The first-order valence-corrected chi connectivity index (χ1v) is 6.67. The van der Waals surface area contributed by atoms with E-state index in [2.05, 4.69) is 9.97 Å². The summed E-state index contributed by atoms with van der Waals surface area (Å²) in [5, 5.41) is 0.783. The van der Waals surface area contributed by atoms with E-state index in [4.69, 9.17) is 4.74 Å². The molecule has 0 aromatic carbocycles. The van der Waals surface area contributed by atoms with E-state index in [1.807, 2.05) is 20.1 Å². The summed E-state index contributed by atoms with van der Waals surface area (Å²) >= 11 is 1.50. The van der Waals surface area contributed by atoms with Crippen LogP contribution < -0.4 is 9.64 Å². The van der Waals surface area contributed by atoms with Crippen molar-refractivity contribution in [1.82, 2.24) is 9.97 Å². The van der Waals surface area contributed by atoms with Crippen LogP contribution in [0.1, 0.15) is 19.2 Å². The second kappa shape index (κ2) is 4.52. The van der Waals surface area contributed by atoms with Crippen LogP contribution in [-0.2, 0) is 4.79 Å². The Morgan fingerprint density at radius 1 is 1.47 bits per heavy atom. The monoisotopic (exact) mass is 253 g/mol. The number of likely N-dealkylation sites (N-methyl/N-ethyl adjacent to an activating group) is 1. The van der Waals surface area contributed by atoms with Crippen LogP contribution in [0.5, 0.6) is 5.75 Å². The number of hydrogen-bond acceptors (Lipinski definition) is 5. The molecule has 0 aliphatic carbocycles. The molecule has 0 saturated heterocycles. The van der Waals surface area contributed by atoms with Gasteiger partial charge in [-0.3, -0.25) is 9.69 Å². The molecule has 1 aromatic rings. The third-order valence-electron chi connectivity index (χ3n) is 2.68. The highest BCUT2D eigenvalue weighted by Crippen LogP contribution is 2.38. The number of aryl methyl sites for hydroxylation is 1. The number of hydrogen-bond donors (Lipinski definition) is 0. The summed E-state index contributed by atoms with van der Waals surface area (Å²) in [6.07, 6.45) is 2.15. The lowest BCUT2D eigenvalue weighted by molar-refractivity contribution is -0.126. The van der Waals surface area contributed by atoms with Gasteiger partial charge in [0.2, 0.25) is 0 Å². The van der Waals surface area contributed by atoms with Gasteiger partial charge in [0.05, 0.1) is 0 Å². The summed E-state index contributed by atoms with van der Waals surface area (Å²) in [5.74, 6) is 1.78. The predicted molar refractivity (Wildman–Crippen MR) is 66.7 cm³/mol. The number of carbonyl (C=O) groups excluding carboxylic acids is 1. The van der Waals surface area contributed by atoms with Crippen LogP contribution in [-0.4, -0.2) is 35.3 Å². The van der Waals surface area contributed by atoms with Crippen molar-refractivity contribution in [3.05, 3.63) is 5.82 Å². The molecule has 0 fully saturated rings. The molecule has 1 aromatic heterocycles. The number of rotatable bonds is 2. The molecule has 2 heterocycles. The maximum Gasteiger partial charge on any atom is 0.269 e. The molecule has 1 unspecified atom stereocenters. The minimum atomic E-state index is -0.426. The molecule has 6 heteroatoms. The molecule has 1 atom stereocenters. The van der Waals surface area contributed by atoms with Crippen LogP contribution in [0.4, 0.5) is 5.82 Å². The van der Waals surface area contributed by atoms with E-state index in [0.717, 1.165) is 5.03 Å². The molecule has 1 aliphatic rings. The van der Waals surface area contributed by atoms with Crippen molar-refractivity contribution in [3.8, 4) is 5.75 Å². The Bertz CT molecular complexity index is 464. The Balaban J connectivity index is 2.55. The Morgan fingerprint density at radius 3 is 2.76 bits per heavy atom. The molecule has 2 rings (SSSR count). The Morgan fingerprint density at radius 2 is 2.18 bits per heavy atom. The zero-order chi connectivity index (χ0) is 12.6. The zero-order valence-corrected chi connectivity index (χ0v) is 11.2. The van der Waals surface area contributed by atoms with Crippen molar-refractivity contribution in [2.45, 2.75) is 31.4 Å². The first-order valence-electron chi connectivity index (χ1n) is 5.45. The number of carbonyl (C=O) groups is 1. The van der Waals surface area contributed by atoms with Gasteiger partial charge in [0, 0.05) is 7.05 Å². The average Bonchev–Trinajstić information content (AvgIpc) is 2.33. The number of aromatic nitrogens is 2. The highest BCUT2D eigenvalue weighted by atomic mass is 32.2. The molecule has 17 heavy (non-hydrogen) atoms. The first kappa shape index (κ1) is 12.2. The molecule has 1 aliphatic heterocycles. The van der Waals surface area contributed by atoms with Crippen molar-refractivity contribution in [2.75, 3.05) is 18.2 Å². The van der Waals surface area contributed by atoms with Crippen LogP contribution in [0, 0.1) is 6.92 Å². The topological polar surface area (TPSA) is 55.3 Å². The maximum atomic E-state index is 12.0. The van der Waals surface area contributed by atoms with Crippen molar-refractivity contribution in [2.24, 2.45) is 0 Å². The second-order valence-electron chi connectivity index (χ2n) is 3.84. The fraction of sp³-hybridized carbons (Fsp3) is 0.545. The van der Waals surface area contributed by atoms with Crippen LogP contribution in [0.3, 0.4) is 0 Å². The van der Waals surface area contributed by atoms with E-state index >= 15 is 0 Å². The number of thioether (sulfide) groups is 1. The Labute approximate surface area is 105 Å². The van der Waals surface area contributed by atoms with Gasteiger partial charge in [0.15, 0.2) is 17.7 Å². The summed E-state index contributed by atoms with van der Waals surface area (Å²) < 4.78 is 5.70. The van der Waals surface area contributed by atoms with Gasteiger partial charge in [0.25, 0.3) is 5.91 Å². The van der Waals surface area contributed by atoms with E-state index in [9.17, 15) is 4.79 Å². The number of nitrogens with zero attached hydrogens (tertiary/aromatic N) is 3. The minimum absolute atomic E-state index is 0.0508. The normalized spacial score (nSPS) is 18.9. The van der Waals surface area contributed by atoms with E-state index in [1.165, 1.54) is 11.8 Å². The summed E-state index contributed by atoms with van der Waals surface area (Å²) in [5.41, 5.74) is 0. The lowest BCUT2D eigenvalue weighted by Gasteiger charge is -2.31. The number of amides is 1. The van der Waals surface area contributed by atoms with Gasteiger partial charge in [-0.2, -0.15) is 0 Å². The molecule has 92 valence electrons. The SMILES string of the molecule is CCC1Oc2c(SC)nc(C)nc2N(C)C1=O. The van der Waals surface area contributed by atoms with Crippen LogP contribution >= 0.6 is 11.8 Å².